The molecule has 0 radical (unpaired) electrons. The quantitative estimate of drug-likeness (QED) is 0.779. The van der Waals surface area contributed by atoms with Crippen molar-refractivity contribution in [3.63, 3.8) is 0 Å². The number of hydrogen-bond acceptors (Lipinski definition) is 3. The van der Waals surface area contributed by atoms with Crippen LogP contribution in [0, 0.1) is 0 Å². The van der Waals surface area contributed by atoms with Gasteiger partial charge in [0, 0.05) is 5.75 Å². The Kier molecular flexibility index (Phi) is 6.74. The van der Waals surface area contributed by atoms with Crippen molar-refractivity contribution in [2.24, 2.45) is 0 Å². The Morgan fingerprint density at radius 2 is 2.12 bits per heavy atom. The highest BCUT2D eigenvalue weighted by atomic mass is 32.2. The largest absolute Gasteiger partial charge is 0.394 e. The topological polar surface area (TPSA) is 49.3 Å². The third kappa shape index (κ3) is 5.75. The second-order valence-corrected chi connectivity index (χ2v) is 4.82. The molecule has 1 atom stereocenters. The summed E-state index contributed by atoms with van der Waals surface area (Å²) in [4.78, 5) is 11.5. The number of hydrogen-bond donors (Lipinski definition) is 2. The fraction of sp³-hybridized carbons (Fsp3) is 0.462. The SMILES string of the molecule is CCC(CO)NC(=O)CSCc1ccccc1. The molecule has 0 bridgehead atoms. The van der Waals surface area contributed by atoms with Crippen LogP contribution in [-0.4, -0.2) is 29.4 Å². The molecule has 4 heteroatoms. The van der Waals surface area contributed by atoms with Crippen molar-refractivity contribution in [1.82, 2.24) is 5.32 Å². The monoisotopic (exact) mass is 253 g/mol. The Bertz CT molecular complexity index is 325. The van der Waals surface area contributed by atoms with Crippen LogP contribution in [0.15, 0.2) is 30.3 Å². The molecule has 0 heterocycles. The van der Waals surface area contributed by atoms with Crippen molar-refractivity contribution in [3.8, 4) is 0 Å². The van der Waals surface area contributed by atoms with E-state index in [1.807, 2.05) is 37.3 Å². The molecule has 94 valence electrons. The first-order valence-corrected chi connectivity index (χ1v) is 6.93. The molecule has 1 unspecified atom stereocenters. The van der Waals surface area contributed by atoms with Gasteiger partial charge in [-0.2, -0.15) is 0 Å². The second-order valence-electron chi connectivity index (χ2n) is 3.83. The molecular weight excluding hydrogens is 234 g/mol. The first kappa shape index (κ1) is 14.1. The van der Waals surface area contributed by atoms with Gasteiger partial charge in [0.1, 0.15) is 0 Å². The molecule has 1 amide bonds. The molecule has 1 rings (SSSR count). The highest BCUT2D eigenvalue weighted by Gasteiger charge is 2.08. The van der Waals surface area contributed by atoms with E-state index in [2.05, 4.69) is 5.32 Å². The number of amides is 1. The van der Waals surface area contributed by atoms with E-state index in [4.69, 9.17) is 5.11 Å². The summed E-state index contributed by atoms with van der Waals surface area (Å²) in [6.07, 6.45) is 0.756. The number of aliphatic hydroxyl groups is 1. The lowest BCUT2D eigenvalue weighted by molar-refractivity contribution is -0.119. The van der Waals surface area contributed by atoms with Crippen molar-refractivity contribution in [3.05, 3.63) is 35.9 Å². The molecule has 17 heavy (non-hydrogen) atoms. The minimum atomic E-state index is -0.111. The molecule has 0 aromatic heterocycles. The molecule has 3 nitrogen and oxygen atoms in total. The highest BCUT2D eigenvalue weighted by molar-refractivity contribution is 7.99. The number of thioether (sulfide) groups is 1. The van der Waals surface area contributed by atoms with Crippen molar-refractivity contribution < 1.29 is 9.90 Å². The maximum absolute atomic E-state index is 11.5. The summed E-state index contributed by atoms with van der Waals surface area (Å²) in [6.45, 7) is 1.95. The van der Waals surface area contributed by atoms with Crippen molar-refractivity contribution >= 4 is 17.7 Å². The third-order valence-corrected chi connectivity index (χ3v) is 3.43. The summed E-state index contributed by atoms with van der Waals surface area (Å²) in [5.74, 6) is 1.27. The molecule has 2 N–H and O–H groups in total. The predicted octanol–water partition coefficient (Wildman–Crippen LogP) is 1.81. The van der Waals surface area contributed by atoms with E-state index in [-0.39, 0.29) is 18.6 Å². The molecular formula is C13H19NO2S. The molecule has 0 saturated heterocycles. The minimum Gasteiger partial charge on any atom is -0.394 e. The number of carbonyl (C=O) groups is 1. The fourth-order valence-corrected chi connectivity index (χ4v) is 2.18. The Hall–Kier alpha value is -1.00. The molecule has 1 aromatic carbocycles. The van der Waals surface area contributed by atoms with Crippen LogP contribution >= 0.6 is 11.8 Å². The lowest BCUT2D eigenvalue weighted by atomic mass is 10.2. The van der Waals surface area contributed by atoms with Crippen LogP contribution in [0.3, 0.4) is 0 Å². The van der Waals surface area contributed by atoms with E-state index in [9.17, 15) is 4.79 Å². The third-order valence-electron chi connectivity index (χ3n) is 2.42. The van der Waals surface area contributed by atoms with Gasteiger partial charge in [-0.1, -0.05) is 37.3 Å². The van der Waals surface area contributed by atoms with Gasteiger partial charge in [0.05, 0.1) is 18.4 Å². The van der Waals surface area contributed by atoms with E-state index in [1.54, 1.807) is 11.8 Å². The van der Waals surface area contributed by atoms with Crippen LogP contribution < -0.4 is 5.32 Å². The minimum absolute atomic E-state index is 0.00555. The van der Waals surface area contributed by atoms with Gasteiger partial charge in [-0.05, 0) is 12.0 Å². The van der Waals surface area contributed by atoms with E-state index >= 15 is 0 Å². The summed E-state index contributed by atoms with van der Waals surface area (Å²) in [5.41, 5.74) is 1.22. The van der Waals surface area contributed by atoms with E-state index in [0.29, 0.717) is 5.75 Å². The zero-order valence-corrected chi connectivity index (χ0v) is 10.9. The number of carbonyl (C=O) groups excluding carboxylic acids is 1. The van der Waals surface area contributed by atoms with Gasteiger partial charge in [0.25, 0.3) is 0 Å². The number of rotatable bonds is 7. The summed E-state index contributed by atoms with van der Waals surface area (Å²) < 4.78 is 0. The van der Waals surface area contributed by atoms with Crippen molar-refractivity contribution in [1.29, 1.82) is 0 Å². The van der Waals surface area contributed by atoms with Crippen LogP contribution in [-0.2, 0) is 10.5 Å². The summed E-state index contributed by atoms with van der Waals surface area (Å²) in [7, 11) is 0. The average Bonchev–Trinajstić information content (AvgIpc) is 2.37. The number of aliphatic hydroxyl groups excluding tert-OH is 1. The van der Waals surface area contributed by atoms with Crippen molar-refractivity contribution in [2.75, 3.05) is 12.4 Å². The second kappa shape index (κ2) is 8.14. The standard InChI is InChI=1S/C13H19NO2S/c1-2-12(8-15)14-13(16)10-17-9-11-6-4-3-5-7-11/h3-7,12,15H,2,8-10H2,1H3,(H,14,16). The molecule has 0 fully saturated rings. The first-order valence-electron chi connectivity index (χ1n) is 5.78. The smallest absolute Gasteiger partial charge is 0.230 e. The van der Waals surface area contributed by atoms with Gasteiger partial charge in [-0.25, -0.2) is 0 Å². The molecule has 0 aliphatic rings. The van der Waals surface area contributed by atoms with Crippen LogP contribution in [0.4, 0.5) is 0 Å². The van der Waals surface area contributed by atoms with Gasteiger partial charge < -0.3 is 10.4 Å². The predicted molar refractivity (Wildman–Crippen MR) is 71.9 cm³/mol. The van der Waals surface area contributed by atoms with E-state index in [1.165, 1.54) is 5.56 Å². The normalized spacial score (nSPS) is 12.1. The van der Waals surface area contributed by atoms with Gasteiger partial charge >= 0.3 is 0 Å². The molecule has 0 aliphatic carbocycles. The van der Waals surface area contributed by atoms with Crippen LogP contribution in [0.25, 0.3) is 0 Å². The average molecular weight is 253 g/mol. The maximum Gasteiger partial charge on any atom is 0.230 e. The number of nitrogens with one attached hydrogen (secondary N) is 1. The lowest BCUT2D eigenvalue weighted by Gasteiger charge is -2.13. The van der Waals surface area contributed by atoms with Crippen LogP contribution in [0.5, 0.6) is 0 Å². The highest BCUT2D eigenvalue weighted by Crippen LogP contribution is 2.11. The number of benzene rings is 1. The molecule has 0 saturated carbocycles. The maximum atomic E-state index is 11.5. The van der Waals surface area contributed by atoms with E-state index in [0.717, 1.165) is 12.2 Å². The van der Waals surface area contributed by atoms with Crippen LogP contribution in [0.1, 0.15) is 18.9 Å². The van der Waals surface area contributed by atoms with E-state index < -0.39 is 0 Å². The van der Waals surface area contributed by atoms with Crippen LogP contribution in [0.2, 0.25) is 0 Å². The van der Waals surface area contributed by atoms with Gasteiger partial charge in [0.2, 0.25) is 5.91 Å². The molecule has 0 aliphatic heterocycles. The van der Waals surface area contributed by atoms with Gasteiger partial charge in [-0.15, -0.1) is 11.8 Å². The Morgan fingerprint density at radius 1 is 1.41 bits per heavy atom. The lowest BCUT2D eigenvalue weighted by Crippen LogP contribution is -2.37. The van der Waals surface area contributed by atoms with Gasteiger partial charge in [-0.3, -0.25) is 4.79 Å². The Labute approximate surface area is 107 Å². The Balaban J connectivity index is 2.20. The zero-order valence-electron chi connectivity index (χ0n) is 10.1. The summed E-state index contributed by atoms with van der Waals surface area (Å²) in [5, 5.41) is 11.7. The first-order chi connectivity index (χ1) is 8.26. The van der Waals surface area contributed by atoms with Gasteiger partial charge in [0.15, 0.2) is 0 Å². The summed E-state index contributed by atoms with van der Waals surface area (Å²) >= 11 is 1.58. The molecule has 0 spiro atoms. The van der Waals surface area contributed by atoms with Crippen molar-refractivity contribution in [2.45, 2.75) is 25.1 Å². The zero-order chi connectivity index (χ0) is 12.5. The molecule has 1 aromatic rings. The summed E-state index contributed by atoms with van der Waals surface area (Å²) in [6, 6.07) is 9.96. The Morgan fingerprint density at radius 3 is 2.71 bits per heavy atom. The fourth-order valence-electron chi connectivity index (χ4n) is 1.38.